The topological polar surface area (TPSA) is 109 Å². The second-order valence-corrected chi connectivity index (χ2v) is 8.18. The molecule has 2 aromatic heterocycles. The van der Waals surface area contributed by atoms with Gasteiger partial charge in [0.1, 0.15) is 6.10 Å². The lowest BCUT2D eigenvalue weighted by Crippen LogP contribution is -2.35. The van der Waals surface area contributed by atoms with Crippen molar-refractivity contribution < 1.29 is 14.3 Å². The quantitative estimate of drug-likeness (QED) is 0.610. The van der Waals surface area contributed by atoms with Crippen LogP contribution in [0.25, 0.3) is 0 Å². The second kappa shape index (κ2) is 10.2. The number of carbonyl (C=O) groups excluding carboxylic acids is 2. The van der Waals surface area contributed by atoms with E-state index in [4.69, 9.17) is 4.74 Å². The Balaban J connectivity index is 1.52. The van der Waals surface area contributed by atoms with Crippen molar-refractivity contribution in [3.63, 3.8) is 0 Å². The predicted octanol–water partition coefficient (Wildman–Crippen LogP) is 3.78. The van der Waals surface area contributed by atoms with E-state index in [1.165, 1.54) is 0 Å². The zero-order valence-corrected chi connectivity index (χ0v) is 17.9. The van der Waals surface area contributed by atoms with Gasteiger partial charge in [-0.1, -0.05) is 13.0 Å². The van der Waals surface area contributed by atoms with Crippen LogP contribution in [0, 0.1) is 5.92 Å². The minimum atomic E-state index is -0.347. The van der Waals surface area contributed by atoms with Gasteiger partial charge in [-0.2, -0.15) is 5.10 Å². The molecule has 1 aliphatic rings. The number of ether oxygens (including phenoxy) is 1. The molecule has 0 bridgehead atoms. The van der Waals surface area contributed by atoms with E-state index in [1.807, 2.05) is 45.0 Å². The lowest BCUT2D eigenvalue weighted by atomic mass is 9.96. The van der Waals surface area contributed by atoms with Crippen LogP contribution in [0.1, 0.15) is 63.8 Å². The normalized spacial score (nSPS) is 19.5. The number of nitrogens with one attached hydrogen (secondary N) is 3. The van der Waals surface area contributed by atoms with Crippen molar-refractivity contribution in [2.75, 3.05) is 5.32 Å². The number of carbonyl (C=O) groups is 2. The molecule has 30 heavy (non-hydrogen) atoms. The molecule has 8 heteroatoms. The second-order valence-electron chi connectivity index (χ2n) is 8.18. The number of aromatic amines is 1. The van der Waals surface area contributed by atoms with E-state index in [9.17, 15) is 9.59 Å². The van der Waals surface area contributed by atoms with Crippen molar-refractivity contribution in [1.29, 1.82) is 0 Å². The van der Waals surface area contributed by atoms with Gasteiger partial charge in [-0.3, -0.25) is 14.9 Å². The minimum absolute atomic E-state index is 0.0580. The Morgan fingerprint density at radius 3 is 2.83 bits per heavy atom. The zero-order chi connectivity index (χ0) is 21.5. The summed E-state index contributed by atoms with van der Waals surface area (Å²) in [5.74, 6) is 1.01. The molecule has 1 saturated carbocycles. The first-order valence-electron chi connectivity index (χ1n) is 10.7. The Labute approximate surface area is 177 Å². The molecule has 1 fully saturated rings. The Morgan fingerprint density at radius 1 is 1.30 bits per heavy atom. The van der Waals surface area contributed by atoms with Gasteiger partial charge in [-0.05, 0) is 57.6 Å². The molecular weight excluding hydrogens is 382 g/mol. The van der Waals surface area contributed by atoms with Gasteiger partial charge in [-0.15, -0.1) is 0 Å². The fraction of sp³-hybridized carbons (Fsp3) is 0.545. The Kier molecular flexibility index (Phi) is 7.43. The first-order valence-corrected chi connectivity index (χ1v) is 10.7. The first kappa shape index (κ1) is 21.8. The number of rotatable bonds is 8. The van der Waals surface area contributed by atoms with Gasteiger partial charge in [0.25, 0.3) is 0 Å². The highest BCUT2D eigenvalue weighted by molar-refractivity contribution is 5.91. The highest BCUT2D eigenvalue weighted by Crippen LogP contribution is 2.41. The van der Waals surface area contributed by atoms with Gasteiger partial charge in [0.15, 0.2) is 5.82 Å². The van der Waals surface area contributed by atoms with E-state index in [2.05, 4.69) is 25.8 Å². The lowest BCUT2D eigenvalue weighted by molar-refractivity contribution is -0.115. The van der Waals surface area contributed by atoms with E-state index in [-0.39, 0.29) is 30.6 Å². The number of alkyl carbamates (subject to hydrolysis) is 1. The maximum absolute atomic E-state index is 12.2. The van der Waals surface area contributed by atoms with Crippen LogP contribution in [0.2, 0.25) is 0 Å². The van der Waals surface area contributed by atoms with Gasteiger partial charge < -0.3 is 15.4 Å². The number of aromatic nitrogens is 3. The number of nitrogens with zero attached hydrogens (tertiary/aromatic N) is 2. The molecule has 162 valence electrons. The fourth-order valence-corrected chi connectivity index (χ4v) is 4.02. The SMILES string of the molecule is CCC(OC(=O)NC(C)C)C1CC[C@H](c2cc(NC(=O)Cc3ccccn3)n[nH]2)C1. The Morgan fingerprint density at radius 2 is 2.13 bits per heavy atom. The van der Waals surface area contributed by atoms with E-state index in [0.717, 1.165) is 37.1 Å². The fourth-order valence-electron chi connectivity index (χ4n) is 4.02. The Bertz CT molecular complexity index is 836. The molecule has 0 aromatic carbocycles. The third kappa shape index (κ3) is 6.05. The number of amides is 2. The number of H-pyrrole nitrogens is 1. The molecule has 2 heterocycles. The molecular formula is C22H31N5O3. The van der Waals surface area contributed by atoms with Crippen LogP contribution in [-0.2, 0) is 16.0 Å². The predicted molar refractivity (Wildman–Crippen MR) is 114 cm³/mol. The molecule has 3 rings (SSSR count). The van der Waals surface area contributed by atoms with Gasteiger partial charge >= 0.3 is 6.09 Å². The summed E-state index contributed by atoms with van der Waals surface area (Å²) in [6.45, 7) is 5.88. The van der Waals surface area contributed by atoms with Crippen molar-refractivity contribution in [2.45, 2.75) is 70.9 Å². The summed E-state index contributed by atoms with van der Waals surface area (Å²) in [5.41, 5.74) is 1.73. The number of hydrogen-bond donors (Lipinski definition) is 3. The summed E-state index contributed by atoms with van der Waals surface area (Å²) in [4.78, 5) is 28.4. The van der Waals surface area contributed by atoms with Crippen molar-refractivity contribution in [3.8, 4) is 0 Å². The maximum atomic E-state index is 12.2. The van der Waals surface area contributed by atoms with E-state index < -0.39 is 0 Å². The van der Waals surface area contributed by atoms with Crippen LogP contribution in [0.3, 0.4) is 0 Å². The molecule has 8 nitrogen and oxygen atoms in total. The molecule has 0 saturated heterocycles. The molecule has 2 amide bonds. The summed E-state index contributed by atoms with van der Waals surface area (Å²) < 4.78 is 5.65. The molecule has 3 atom stereocenters. The van der Waals surface area contributed by atoms with Crippen molar-refractivity contribution in [1.82, 2.24) is 20.5 Å². The van der Waals surface area contributed by atoms with Crippen LogP contribution in [-0.4, -0.2) is 39.3 Å². The largest absolute Gasteiger partial charge is 0.446 e. The molecule has 1 aliphatic carbocycles. The Hall–Kier alpha value is -2.90. The van der Waals surface area contributed by atoms with E-state index in [0.29, 0.717) is 17.7 Å². The summed E-state index contributed by atoms with van der Waals surface area (Å²) >= 11 is 0. The molecule has 3 N–H and O–H groups in total. The molecule has 0 aliphatic heterocycles. The highest BCUT2D eigenvalue weighted by atomic mass is 16.6. The maximum Gasteiger partial charge on any atom is 0.407 e. The molecule has 2 aromatic rings. The van der Waals surface area contributed by atoms with Gasteiger partial charge in [0.2, 0.25) is 5.91 Å². The zero-order valence-electron chi connectivity index (χ0n) is 17.9. The number of anilines is 1. The summed E-state index contributed by atoms with van der Waals surface area (Å²) in [6.07, 6.45) is 5.17. The van der Waals surface area contributed by atoms with Crippen LogP contribution in [0.15, 0.2) is 30.5 Å². The molecule has 2 unspecified atom stereocenters. The van der Waals surface area contributed by atoms with Crippen LogP contribution in [0.5, 0.6) is 0 Å². The van der Waals surface area contributed by atoms with Gasteiger partial charge in [-0.25, -0.2) is 4.79 Å². The molecule has 0 radical (unpaired) electrons. The minimum Gasteiger partial charge on any atom is -0.446 e. The van der Waals surface area contributed by atoms with Crippen molar-refractivity contribution in [3.05, 3.63) is 41.9 Å². The highest BCUT2D eigenvalue weighted by Gasteiger charge is 2.34. The van der Waals surface area contributed by atoms with E-state index >= 15 is 0 Å². The number of hydrogen-bond acceptors (Lipinski definition) is 5. The summed E-state index contributed by atoms with van der Waals surface area (Å²) in [6, 6.07) is 7.46. The standard InChI is InChI=1S/C22H31N5O3/c1-4-19(30-22(29)24-14(2)3)16-9-8-15(11-16)18-13-20(27-26-18)25-21(28)12-17-7-5-6-10-23-17/h5-7,10,13-16,19H,4,8-9,11-12H2,1-3H3,(H,24,29)(H2,25,26,27,28)/t15-,16?,19?/m0/s1. The van der Waals surface area contributed by atoms with E-state index in [1.54, 1.807) is 6.20 Å². The van der Waals surface area contributed by atoms with Crippen molar-refractivity contribution >= 4 is 17.8 Å². The third-order valence-corrected chi connectivity index (χ3v) is 5.44. The average Bonchev–Trinajstić information content (AvgIpc) is 3.36. The van der Waals surface area contributed by atoms with Crippen LogP contribution in [0.4, 0.5) is 10.6 Å². The lowest BCUT2D eigenvalue weighted by Gasteiger charge is -2.23. The van der Waals surface area contributed by atoms with Gasteiger partial charge in [0.05, 0.1) is 6.42 Å². The van der Waals surface area contributed by atoms with Crippen LogP contribution >= 0.6 is 0 Å². The summed E-state index contributed by atoms with van der Waals surface area (Å²) in [5, 5.41) is 12.9. The number of pyridine rings is 1. The average molecular weight is 414 g/mol. The first-order chi connectivity index (χ1) is 14.4. The van der Waals surface area contributed by atoms with Crippen molar-refractivity contribution in [2.24, 2.45) is 5.92 Å². The van der Waals surface area contributed by atoms with Gasteiger partial charge in [0, 0.05) is 35.6 Å². The third-order valence-electron chi connectivity index (χ3n) is 5.44. The monoisotopic (exact) mass is 413 g/mol. The molecule has 0 spiro atoms. The van der Waals surface area contributed by atoms with Crippen LogP contribution < -0.4 is 10.6 Å². The summed E-state index contributed by atoms with van der Waals surface area (Å²) in [7, 11) is 0. The smallest absolute Gasteiger partial charge is 0.407 e.